The van der Waals surface area contributed by atoms with Crippen molar-refractivity contribution in [1.29, 1.82) is 0 Å². The Morgan fingerprint density at radius 2 is 1.88 bits per heavy atom. The molecule has 144 valence electrons. The number of aryl methyl sites for hydroxylation is 1. The molecule has 1 N–H and O–H groups in total. The summed E-state index contributed by atoms with van der Waals surface area (Å²) in [5, 5.41) is 3.32. The summed E-state index contributed by atoms with van der Waals surface area (Å²) in [7, 11) is 0. The Bertz CT molecular complexity index is 642. The fourth-order valence-electron chi connectivity index (χ4n) is 3.51. The number of carbonyl (C=O) groups excluding carboxylic acids is 2. The van der Waals surface area contributed by atoms with Gasteiger partial charge in [-0.2, -0.15) is 0 Å². The summed E-state index contributed by atoms with van der Waals surface area (Å²) in [5.74, 6) is 0.271. The van der Waals surface area contributed by atoms with E-state index in [1.165, 1.54) is 6.07 Å². The molecular formula is C19H27ClFN3O2. The molecule has 0 aromatic heterocycles. The van der Waals surface area contributed by atoms with E-state index >= 15 is 0 Å². The van der Waals surface area contributed by atoms with Crippen LogP contribution in [0.15, 0.2) is 18.2 Å². The van der Waals surface area contributed by atoms with Crippen molar-refractivity contribution in [2.45, 2.75) is 26.2 Å². The van der Waals surface area contributed by atoms with Gasteiger partial charge in [-0.3, -0.25) is 9.59 Å². The molecule has 2 fully saturated rings. The van der Waals surface area contributed by atoms with E-state index in [1.54, 1.807) is 24.0 Å². The summed E-state index contributed by atoms with van der Waals surface area (Å²) in [6, 6.07) is 4.58. The lowest BCUT2D eigenvalue weighted by atomic mass is 10.0. The molecule has 2 aliphatic rings. The number of hydrogen-bond donors (Lipinski definition) is 1. The van der Waals surface area contributed by atoms with Gasteiger partial charge in [0, 0.05) is 38.2 Å². The van der Waals surface area contributed by atoms with Crippen molar-refractivity contribution in [2.24, 2.45) is 5.92 Å². The third-order valence-electron chi connectivity index (χ3n) is 5.27. The standard InChI is InChI=1S/C19H26FN3O2.ClH/c1-14-2-4-16(12-17(14)20)19(25)23-10-8-22(9-11-23)18(24)5-3-15-6-7-21-13-15;/h2,4,12,15,21H,3,5-11,13H2,1H3;1H. The number of nitrogens with one attached hydrogen (secondary N) is 1. The summed E-state index contributed by atoms with van der Waals surface area (Å²) < 4.78 is 13.7. The van der Waals surface area contributed by atoms with Crippen LogP contribution in [-0.2, 0) is 4.79 Å². The molecule has 3 rings (SSSR count). The number of rotatable bonds is 4. The van der Waals surface area contributed by atoms with Gasteiger partial charge in [-0.25, -0.2) is 4.39 Å². The van der Waals surface area contributed by atoms with Crippen molar-refractivity contribution >= 4 is 24.2 Å². The zero-order valence-electron chi connectivity index (χ0n) is 15.2. The van der Waals surface area contributed by atoms with Crippen LogP contribution in [0.1, 0.15) is 35.2 Å². The van der Waals surface area contributed by atoms with Gasteiger partial charge >= 0.3 is 0 Å². The van der Waals surface area contributed by atoms with Gasteiger partial charge in [0.1, 0.15) is 5.82 Å². The van der Waals surface area contributed by atoms with Crippen LogP contribution in [0, 0.1) is 18.7 Å². The third-order valence-corrected chi connectivity index (χ3v) is 5.27. The molecule has 1 unspecified atom stereocenters. The topological polar surface area (TPSA) is 52.7 Å². The normalized spacial score (nSPS) is 20.0. The minimum absolute atomic E-state index is 0. The predicted octanol–water partition coefficient (Wildman–Crippen LogP) is 2.23. The summed E-state index contributed by atoms with van der Waals surface area (Å²) in [6.45, 7) is 5.87. The van der Waals surface area contributed by atoms with Gasteiger partial charge in [-0.15, -0.1) is 12.4 Å². The molecule has 1 aromatic carbocycles. The molecule has 0 spiro atoms. The molecule has 2 saturated heterocycles. The van der Waals surface area contributed by atoms with E-state index in [-0.39, 0.29) is 30.0 Å². The monoisotopic (exact) mass is 383 g/mol. The molecule has 2 aliphatic heterocycles. The Morgan fingerprint density at radius 1 is 1.19 bits per heavy atom. The van der Waals surface area contributed by atoms with Crippen molar-refractivity contribution in [3.8, 4) is 0 Å². The molecule has 26 heavy (non-hydrogen) atoms. The van der Waals surface area contributed by atoms with Gasteiger partial charge < -0.3 is 15.1 Å². The van der Waals surface area contributed by atoms with Gasteiger partial charge in [-0.05, 0) is 56.5 Å². The van der Waals surface area contributed by atoms with Crippen LogP contribution in [-0.4, -0.2) is 60.9 Å². The zero-order valence-corrected chi connectivity index (χ0v) is 16.0. The molecule has 1 aromatic rings. The van der Waals surface area contributed by atoms with Crippen molar-refractivity contribution < 1.29 is 14.0 Å². The molecule has 0 aliphatic carbocycles. The van der Waals surface area contributed by atoms with Gasteiger partial charge in [0.2, 0.25) is 5.91 Å². The minimum atomic E-state index is -0.360. The highest BCUT2D eigenvalue weighted by atomic mass is 35.5. The van der Waals surface area contributed by atoms with E-state index in [4.69, 9.17) is 0 Å². The number of amides is 2. The molecule has 7 heteroatoms. The van der Waals surface area contributed by atoms with Crippen molar-refractivity contribution in [1.82, 2.24) is 15.1 Å². The number of carbonyl (C=O) groups is 2. The second kappa shape index (κ2) is 9.33. The molecule has 2 heterocycles. The third kappa shape index (κ3) is 4.95. The van der Waals surface area contributed by atoms with Crippen LogP contribution in [0.2, 0.25) is 0 Å². The van der Waals surface area contributed by atoms with E-state index in [1.807, 2.05) is 4.90 Å². The molecule has 1 atom stereocenters. The molecule has 5 nitrogen and oxygen atoms in total. The zero-order chi connectivity index (χ0) is 17.8. The smallest absolute Gasteiger partial charge is 0.254 e. The van der Waals surface area contributed by atoms with E-state index in [2.05, 4.69) is 5.32 Å². The number of nitrogens with zero attached hydrogens (tertiary/aromatic N) is 2. The SMILES string of the molecule is Cc1ccc(C(=O)N2CCN(C(=O)CCC3CCNC3)CC2)cc1F.Cl. The Hall–Kier alpha value is -1.66. The number of hydrogen-bond acceptors (Lipinski definition) is 3. The second-order valence-corrected chi connectivity index (χ2v) is 7.03. The Morgan fingerprint density at radius 3 is 2.50 bits per heavy atom. The van der Waals surface area contributed by atoms with E-state index in [9.17, 15) is 14.0 Å². The summed E-state index contributed by atoms with van der Waals surface area (Å²) in [6.07, 6.45) is 2.68. The second-order valence-electron chi connectivity index (χ2n) is 7.03. The number of piperazine rings is 1. The van der Waals surface area contributed by atoms with Crippen LogP contribution in [0.25, 0.3) is 0 Å². The van der Waals surface area contributed by atoms with Crippen LogP contribution < -0.4 is 5.32 Å². The molecule has 2 amide bonds. The maximum atomic E-state index is 13.7. The molecule has 0 bridgehead atoms. The first-order valence-corrected chi connectivity index (χ1v) is 9.08. The lowest BCUT2D eigenvalue weighted by molar-refractivity contribution is -0.132. The maximum absolute atomic E-state index is 13.7. The fourth-order valence-corrected chi connectivity index (χ4v) is 3.51. The van der Waals surface area contributed by atoms with Gasteiger partial charge in [-0.1, -0.05) is 6.07 Å². The highest BCUT2D eigenvalue weighted by Crippen LogP contribution is 2.17. The molecule has 0 radical (unpaired) electrons. The minimum Gasteiger partial charge on any atom is -0.339 e. The van der Waals surface area contributed by atoms with Crippen LogP contribution >= 0.6 is 12.4 Å². The summed E-state index contributed by atoms with van der Waals surface area (Å²) >= 11 is 0. The van der Waals surface area contributed by atoms with Crippen molar-refractivity contribution in [2.75, 3.05) is 39.3 Å². The molecular weight excluding hydrogens is 357 g/mol. The number of halogens is 2. The fraction of sp³-hybridized carbons (Fsp3) is 0.579. The summed E-state index contributed by atoms with van der Waals surface area (Å²) in [4.78, 5) is 28.4. The average Bonchev–Trinajstić information content (AvgIpc) is 3.15. The lowest BCUT2D eigenvalue weighted by Gasteiger charge is -2.35. The first-order valence-electron chi connectivity index (χ1n) is 9.08. The highest BCUT2D eigenvalue weighted by molar-refractivity contribution is 5.94. The van der Waals surface area contributed by atoms with Crippen molar-refractivity contribution in [3.05, 3.63) is 35.1 Å². The maximum Gasteiger partial charge on any atom is 0.254 e. The highest BCUT2D eigenvalue weighted by Gasteiger charge is 2.26. The van der Waals surface area contributed by atoms with Crippen LogP contribution in [0.3, 0.4) is 0 Å². The number of benzene rings is 1. The predicted molar refractivity (Wildman–Crippen MR) is 101 cm³/mol. The Balaban J connectivity index is 0.00000243. The first-order chi connectivity index (χ1) is 12.0. The van der Waals surface area contributed by atoms with Crippen molar-refractivity contribution in [3.63, 3.8) is 0 Å². The lowest BCUT2D eigenvalue weighted by Crippen LogP contribution is -2.50. The van der Waals surface area contributed by atoms with E-state index in [0.717, 1.165) is 25.9 Å². The van der Waals surface area contributed by atoms with Gasteiger partial charge in [0.15, 0.2) is 0 Å². The largest absolute Gasteiger partial charge is 0.339 e. The Labute approximate surface area is 160 Å². The first kappa shape index (κ1) is 20.6. The van der Waals surface area contributed by atoms with Gasteiger partial charge in [0.25, 0.3) is 5.91 Å². The van der Waals surface area contributed by atoms with Gasteiger partial charge in [0.05, 0.1) is 0 Å². The quantitative estimate of drug-likeness (QED) is 0.867. The molecule has 0 saturated carbocycles. The van der Waals surface area contributed by atoms with Crippen LogP contribution in [0.5, 0.6) is 0 Å². The Kier molecular flexibility index (Phi) is 7.41. The average molecular weight is 384 g/mol. The van der Waals surface area contributed by atoms with Crippen LogP contribution in [0.4, 0.5) is 4.39 Å². The van der Waals surface area contributed by atoms with E-state index < -0.39 is 0 Å². The summed E-state index contributed by atoms with van der Waals surface area (Å²) in [5.41, 5.74) is 0.904. The van der Waals surface area contributed by atoms with E-state index in [0.29, 0.717) is 49.6 Å².